The van der Waals surface area contributed by atoms with Gasteiger partial charge in [0.2, 0.25) is 0 Å². The number of hydrogen-bond donors (Lipinski definition) is 1. The Morgan fingerprint density at radius 1 is 1.00 bits per heavy atom. The number of unbranched alkanes of at least 4 members (excludes halogenated alkanes) is 7. The van der Waals surface area contributed by atoms with Crippen molar-refractivity contribution in [2.75, 3.05) is 6.54 Å². The number of carbonyl (C=O) groups excluding carboxylic acids is 1. The monoisotopic (exact) mass is 417 g/mol. The second-order valence-electron chi connectivity index (χ2n) is 5.35. The topological polar surface area (TPSA) is 29.1 Å². The number of hydrogen-bond acceptors (Lipinski definition) is 1. The smallest absolute Gasteiger partial charge is 0.252 e. The molecule has 1 amide bonds. The van der Waals surface area contributed by atoms with Gasteiger partial charge in [-0.2, -0.15) is 0 Å². The van der Waals surface area contributed by atoms with Crippen molar-refractivity contribution < 1.29 is 4.79 Å². The molecular weight excluding hydrogens is 394 g/mol. The fourth-order valence-electron chi connectivity index (χ4n) is 2.23. The summed E-state index contributed by atoms with van der Waals surface area (Å²) in [4.78, 5) is 12.1. The molecule has 1 N–H and O–H groups in total. The van der Waals surface area contributed by atoms with Crippen molar-refractivity contribution >= 4 is 37.8 Å². The molecule has 21 heavy (non-hydrogen) atoms. The zero-order valence-electron chi connectivity index (χ0n) is 12.8. The highest BCUT2D eigenvalue weighted by Gasteiger charge is 2.09. The molecule has 0 fully saturated rings. The van der Waals surface area contributed by atoms with Crippen LogP contribution in [-0.2, 0) is 0 Å². The molecule has 2 nitrogen and oxygen atoms in total. The van der Waals surface area contributed by atoms with E-state index in [2.05, 4.69) is 44.1 Å². The molecule has 0 aliphatic heterocycles. The summed E-state index contributed by atoms with van der Waals surface area (Å²) in [6.07, 6.45) is 10.2. The van der Waals surface area contributed by atoms with E-state index in [4.69, 9.17) is 0 Å². The summed E-state index contributed by atoms with van der Waals surface area (Å²) in [7, 11) is 0. The molecule has 1 aromatic rings. The molecule has 1 rings (SSSR count). The predicted octanol–water partition coefficient (Wildman–Crippen LogP) is 6.08. The second-order valence-corrected chi connectivity index (χ2v) is 7.12. The third kappa shape index (κ3) is 8.01. The van der Waals surface area contributed by atoms with Gasteiger partial charge in [-0.3, -0.25) is 4.79 Å². The van der Waals surface area contributed by atoms with Crippen LogP contribution in [0.3, 0.4) is 0 Å². The van der Waals surface area contributed by atoms with E-state index in [0.717, 1.165) is 21.9 Å². The van der Waals surface area contributed by atoms with E-state index in [9.17, 15) is 4.79 Å². The van der Waals surface area contributed by atoms with Gasteiger partial charge in [-0.15, -0.1) is 0 Å². The average molecular weight is 419 g/mol. The highest BCUT2D eigenvalue weighted by molar-refractivity contribution is 9.11. The normalized spacial score (nSPS) is 10.6. The number of halogens is 2. The lowest BCUT2D eigenvalue weighted by atomic mass is 10.1. The van der Waals surface area contributed by atoms with Gasteiger partial charge >= 0.3 is 0 Å². The van der Waals surface area contributed by atoms with Crippen LogP contribution in [0.15, 0.2) is 27.1 Å². The van der Waals surface area contributed by atoms with E-state index in [1.165, 1.54) is 44.9 Å². The van der Waals surface area contributed by atoms with Gasteiger partial charge in [0, 0.05) is 15.5 Å². The molecule has 0 saturated heterocycles. The standard InChI is InChI=1S/C17H25Br2NO/c1-2-3-4-5-6-7-8-9-12-20-17(21)15-13-14(18)10-11-16(15)19/h10-11,13H,2-9,12H2,1H3,(H,20,21). The Morgan fingerprint density at radius 3 is 2.29 bits per heavy atom. The first kappa shape index (κ1) is 18.7. The zero-order valence-corrected chi connectivity index (χ0v) is 15.9. The van der Waals surface area contributed by atoms with Crippen molar-refractivity contribution in [2.24, 2.45) is 0 Å². The summed E-state index contributed by atoms with van der Waals surface area (Å²) in [6, 6.07) is 5.64. The van der Waals surface area contributed by atoms with Gasteiger partial charge in [-0.25, -0.2) is 0 Å². The molecule has 0 spiro atoms. The number of nitrogens with one attached hydrogen (secondary N) is 1. The molecule has 0 radical (unpaired) electrons. The van der Waals surface area contributed by atoms with Gasteiger partial charge in [0.1, 0.15) is 0 Å². The van der Waals surface area contributed by atoms with Crippen molar-refractivity contribution in [3.8, 4) is 0 Å². The molecule has 4 heteroatoms. The van der Waals surface area contributed by atoms with Gasteiger partial charge in [0.05, 0.1) is 5.56 Å². The van der Waals surface area contributed by atoms with Crippen LogP contribution in [0.2, 0.25) is 0 Å². The van der Waals surface area contributed by atoms with Gasteiger partial charge in [0.25, 0.3) is 5.91 Å². The van der Waals surface area contributed by atoms with Crippen molar-refractivity contribution in [1.82, 2.24) is 5.32 Å². The summed E-state index contributed by atoms with van der Waals surface area (Å²) in [5, 5.41) is 2.99. The predicted molar refractivity (Wildman–Crippen MR) is 96.8 cm³/mol. The van der Waals surface area contributed by atoms with Crippen molar-refractivity contribution in [2.45, 2.75) is 58.3 Å². The average Bonchev–Trinajstić information content (AvgIpc) is 2.48. The number of benzene rings is 1. The van der Waals surface area contributed by atoms with Crippen LogP contribution >= 0.6 is 31.9 Å². The fourth-order valence-corrected chi connectivity index (χ4v) is 3.02. The minimum atomic E-state index is -0.00822. The maximum atomic E-state index is 12.1. The number of carbonyl (C=O) groups is 1. The Bertz CT molecular complexity index is 435. The molecule has 0 unspecified atom stereocenters. The van der Waals surface area contributed by atoms with E-state index >= 15 is 0 Å². The summed E-state index contributed by atoms with van der Waals surface area (Å²) >= 11 is 6.81. The van der Waals surface area contributed by atoms with E-state index in [1.807, 2.05) is 18.2 Å². The summed E-state index contributed by atoms with van der Waals surface area (Å²) < 4.78 is 1.75. The van der Waals surface area contributed by atoms with Crippen LogP contribution in [0.25, 0.3) is 0 Å². The maximum absolute atomic E-state index is 12.1. The van der Waals surface area contributed by atoms with Gasteiger partial charge in [0.15, 0.2) is 0 Å². The van der Waals surface area contributed by atoms with Crippen molar-refractivity contribution in [3.05, 3.63) is 32.7 Å². The quantitative estimate of drug-likeness (QED) is 0.458. The van der Waals surface area contributed by atoms with Crippen LogP contribution in [0.4, 0.5) is 0 Å². The van der Waals surface area contributed by atoms with Crippen molar-refractivity contribution in [1.29, 1.82) is 0 Å². The molecule has 1 aromatic carbocycles. The van der Waals surface area contributed by atoms with Crippen LogP contribution in [0, 0.1) is 0 Å². The number of rotatable bonds is 10. The Hall–Kier alpha value is -0.350. The van der Waals surface area contributed by atoms with Crippen LogP contribution in [0.5, 0.6) is 0 Å². The molecule has 0 saturated carbocycles. The molecule has 0 heterocycles. The molecule has 0 aromatic heterocycles. The molecule has 0 atom stereocenters. The largest absolute Gasteiger partial charge is 0.352 e. The van der Waals surface area contributed by atoms with Crippen LogP contribution in [-0.4, -0.2) is 12.5 Å². The Balaban J connectivity index is 2.12. The highest BCUT2D eigenvalue weighted by atomic mass is 79.9. The van der Waals surface area contributed by atoms with Crippen molar-refractivity contribution in [3.63, 3.8) is 0 Å². The first-order chi connectivity index (χ1) is 10.1. The molecule has 118 valence electrons. The first-order valence-corrected chi connectivity index (χ1v) is 9.47. The van der Waals surface area contributed by atoms with E-state index in [0.29, 0.717) is 5.56 Å². The lowest BCUT2D eigenvalue weighted by molar-refractivity contribution is 0.0952. The Labute approximate surface area is 145 Å². The molecule has 0 bridgehead atoms. The second kappa shape index (κ2) is 11.2. The minimum absolute atomic E-state index is 0.00822. The lowest BCUT2D eigenvalue weighted by Gasteiger charge is -2.07. The van der Waals surface area contributed by atoms with Gasteiger partial charge in [-0.1, -0.05) is 67.8 Å². The Morgan fingerprint density at radius 2 is 1.62 bits per heavy atom. The van der Waals surface area contributed by atoms with Gasteiger partial charge in [-0.05, 0) is 40.5 Å². The van der Waals surface area contributed by atoms with E-state index in [1.54, 1.807) is 0 Å². The fraction of sp³-hybridized carbons (Fsp3) is 0.588. The van der Waals surface area contributed by atoms with E-state index < -0.39 is 0 Å². The minimum Gasteiger partial charge on any atom is -0.352 e. The van der Waals surface area contributed by atoms with Crippen LogP contribution < -0.4 is 5.32 Å². The molecule has 0 aliphatic rings. The summed E-state index contributed by atoms with van der Waals surface area (Å²) in [5.74, 6) is -0.00822. The van der Waals surface area contributed by atoms with E-state index in [-0.39, 0.29) is 5.91 Å². The maximum Gasteiger partial charge on any atom is 0.252 e. The number of amides is 1. The highest BCUT2D eigenvalue weighted by Crippen LogP contribution is 2.21. The lowest BCUT2D eigenvalue weighted by Crippen LogP contribution is -2.24. The third-order valence-electron chi connectivity index (χ3n) is 3.49. The molecule has 0 aliphatic carbocycles. The Kier molecular flexibility index (Phi) is 10.0. The zero-order chi connectivity index (χ0) is 15.5. The van der Waals surface area contributed by atoms with Gasteiger partial charge < -0.3 is 5.32 Å². The first-order valence-electron chi connectivity index (χ1n) is 7.88. The molecular formula is C17H25Br2NO. The SMILES string of the molecule is CCCCCCCCCCNC(=O)c1cc(Br)ccc1Br. The van der Waals surface area contributed by atoms with Crippen LogP contribution in [0.1, 0.15) is 68.6 Å². The summed E-state index contributed by atoms with van der Waals surface area (Å²) in [6.45, 7) is 3.00. The summed E-state index contributed by atoms with van der Waals surface area (Å²) in [5.41, 5.74) is 0.684. The third-order valence-corrected chi connectivity index (χ3v) is 4.67.